The van der Waals surface area contributed by atoms with E-state index in [0.29, 0.717) is 6.61 Å². The minimum atomic E-state index is -0.255. The van der Waals surface area contributed by atoms with E-state index in [4.69, 9.17) is 4.74 Å². The highest BCUT2D eigenvalue weighted by atomic mass is 16.5. The van der Waals surface area contributed by atoms with E-state index >= 15 is 0 Å². The van der Waals surface area contributed by atoms with E-state index in [9.17, 15) is 4.79 Å². The van der Waals surface area contributed by atoms with Gasteiger partial charge in [0.1, 0.15) is 18.7 Å². The Morgan fingerprint density at radius 2 is 2.28 bits per heavy atom. The molecule has 0 radical (unpaired) electrons. The second-order valence-corrected chi connectivity index (χ2v) is 4.08. The zero-order valence-electron chi connectivity index (χ0n) is 10.8. The first kappa shape index (κ1) is 12.3. The molecule has 0 amide bonds. The number of aromatic nitrogens is 3. The Hall–Kier alpha value is -2.11. The predicted octanol–water partition coefficient (Wildman–Crippen LogP) is 1.04. The van der Waals surface area contributed by atoms with Crippen LogP contribution in [0.2, 0.25) is 0 Å². The molecule has 0 aliphatic heterocycles. The Morgan fingerprint density at radius 3 is 3.00 bits per heavy atom. The number of hydrogen-bond acceptors (Lipinski definition) is 5. The Balaban J connectivity index is 2.29. The molecule has 0 saturated carbocycles. The summed E-state index contributed by atoms with van der Waals surface area (Å²) in [5.74, 6) is 0.560. The minimum Gasteiger partial charge on any atom is -0.465 e. The summed E-state index contributed by atoms with van der Waals surface area (Å²) in [5, 5.41) is 4.15. The van der Waals surface area contributed by atoms with E-state index in [1.807, 2.05) is 26.1 Å². The van der Waals surface area contributed by atoms with Crippen molar-refractivity contribution in [3.05, 3.63) is 24.0 Å². The predicted molar refractivity (Wildman–Crippen MR) is 67.6 cm³/mol. The fourth-order valence-corrected chi connectivity index (χ4v) is 1.79. The maximum atomic E-state index is 11.5. The van der Waals surface area contributed by atoms with Gasteiger partial charge >= 0.3 is 5.97 Å². The van der Waals surface area contributed by atoms with Crippen molar-refractivity contribution in [2.24, 2.45) is 0 Å². The van der Waals surface area contributed by atoms with Crippen molar-refractivity contribution in [1.82, 2.24) is 14.6 Å². The van der Waals surface area contributed by atoms with E-state index in [1.54, 1.807) is 16.3 Å². The van der Waals surface area contributed by atoms with Crippen molar-refractivity contribution >= 4 is 17.4 Å². The Morgan fingerprint density at radius 1 is 1.50 bits per heavy atom. The number of rotatable bonds is 4. The highest BCUT2D eigenvalue weighted by Crippen LogP contribution is 2.16. The number of likely N-dealkylation sites (N-methyl/N-ethyl adjacent to an activating group) is 1. The third-order valence-corrected chi connectivity index (χ3v) is 2.57. The van der Waals surface area contributed by atoms with Crippen LogP contribution < -0.4 is 4.90 Å². The number of hydrogen-bond donors (Lipinski definition) is 0. The van der Waals surface area contributed by atoms with Gasteiger partial charge in [0.25, 0.3) is 0 Å². The summed E-state index contributed by atoms with van der Waals surface area (Å²) in [6, 6.07) is 3.90. The van der Waals surface area contributed by atoms with E-state index < -0.39 is 0 Å². The van der Waals surface area contributed by atoms with Gasteiger partial charge in [0, 0.05) is 7.05 Å². The van der Waals surface area contributed by atoms with Gasteiger partial charge in [-0.15, -0.1) is 0 Å². The molecule has 6 nitrogen and oxygen atoms in total. The molecular formula is C12H16N4O2. The number of aryl methyl sites for hydroxylation is 1. The van der Waals surface area contributed by atoms with Gasteiger partial charge in [-0.2, -0.15) is 9.61 Å². The average Bonchev–Trinajstić information content (AvgIpc) is 2.75. The number of nitrogens with zero attached hydrogens (tertiary/aromatic N) is 4. The first-order chi connectivity index (χ1) is 8.61. The standard InChI is InChI=1S/C12H16N4O2/c1-4-18-12(17)7-15(3)11-6-9(2)5-10-13-8-14-16(10)11/h5-6,8H,4,7H2,1-3H3. The quantitative estimate of drug-likeness (QED) is 0.756. The average molecular weight is 248 g/mol. The van der Waals surface area contributed by atoms with Crippen LogP contribution >= 0.6 is 0 Å². The molecule has 2 aromatic heterocycles. The highest BCUT2D eigenvalue weighted by Gasteiger charge is 2.12. The normalized spacial score (nSPS) is 10.6. The van der Waals surface area contributed by atoms with Crippen LogP contribution in [0.15, 0.2) is 18.5 Å². The van der Waals surface area contributed by atoms with Crippen molar-refractivity contribution in [1.29, 1.82) is 0 Å². The molecule has 0 aromatic carbocycles. The summed E-state index contributed by atoms with van der Waals surface area (Å²) in [6.45, 7) is 4.35. The van der Waals surface area contributed by atoms with Crippen LogP contribution in [0, 0.1) is 6.92 Å². The third-order valence-electron chi connectivity index (χ3n) is 2.57. The maximum absolute atomic E-state index is 11.5. The van der Waals surface area contributed by atoms with Crippen LogP contribution in [0.3, 0.4) is 0 Å². The zero-order valence-corrected chi connectivity index (χ0v) is 10.8. The van der Waals surface area contributed by atoms with Gasteiger partial charge < -0.3 is 9.64 Å². The first-order valence-corrected chi connectivity index (χ1v) is 5.79. The van der Waals surface area contributed by atoms with Gasteiger partial charge in [-0.1, -0.05) is 0 Å². The van der Waals surface area contributed by atoms with E-state index in [0.717, 1.165) is 17.0 Å². The van der Waals surface area contributed by atoms with Gasteiger partial charge in [-0.3, -0.25) is 4.79 Å². The first-order valence-electron chi connectivity index (χ1n) is 5.79. The molecule has 0 aliphatic carbocycles. The lowest BCUT2D eigenvalue weighted by Gasteiger charge is -2.19. The summed E-state index contributed by atoms with van der Waals surface area (Å²) >= 11 is 0. The lowest BCUT2D eigenvalue weighted by molar-refractivity contribution is -0.141. The molecule has 2 aromatic rings. The molecule has 0 fully saturated rings. The molecule has 96 valence electrons. The maximum Gasteiger partial charge on any atom is 0.325 e. The summed E-state index contributed by atoms with van der Waals surface area (Å²) in [7, 11) is 1.83. The summed E-state index contributed by atoms with van der Waals surface area (Å²) in [6.07, 6.45) is 1.50. The van der Waals surface area contributed by atoms with Gasteiger partial charge in [0.05, 0.1) is 6.61 Å². The second kappa shape index (κ2) is 5.03. The number of ether oxygens (including phenoxy) is 1. The molecule has 0 atom stereocenters. The lowest BCUT2D eigenvalue weighted by Crippen LogP contribution is -2.28. The van der Waals surface area contributed by atoms with Crippen LogP contribution in [0.5, 0.6) is 0 Å². The van der Waals surface area contributed by atoms with E-state index in [-0.39, 0.29) is 12.5 Å². The van der Waals surface area contributed by atoms with Crippen molar-refractivity contribution in [3.8, 4) is 0 Å². The fraction of sp³-hybridized carbons (Fsp3) is 0.417. The molecule has 0 spiro atoms. The zero-order chi connectivity index (χ0) is 13.1. The number of pyridine rings is 1. The van der Waals surface area contributed by atoms with Crippen molar-refractivity contribution in [2.75, 3.05) is 25.1 Å². The molecule has 0 aliphatic rings. The molecule has 2 rings (SSSR count). The second-order valence-electron chi connectivity index (χ2n) is 4.08. The fourth-order valence-electron chi connectivity index (χ4n) is 1.79. The van der Waals surface area contributed by atoms with Crippen molar-refractivity contribution in [3.63, 3.8) is 0 Å². The van der Waals surface area contributed by atoms with Gasteiger partial charge in [-0.25, -0.2) is 4.98 Å². The summed E-state index contributed by atoms with van der Waals surface area (Å²) < 4.78 is 6.63. The van der Waals surface area contributed by atoms with E-state index in [1.165, 1.54) is 6.33 Å². The number of carbonyl (C=O) groups is 1. The van der Waals surface area contributed by atoms with Gasteiger partial charge in [-0.05, 0) is 31.5 Å². The smallest absolute Gasteiger partial charge is 0.325 e. The lowest BCUT2D eigenvalue weighted by atomic mass is 10.3. The summed E-state index contributed by atoms with van der Waals surface area (Å²) in [5.41, 5.74) is 1.84. The van der Waals surface area contributed by atoms with Crippen LogP contribution in [0.1, 0.15) is 12.5 Å². The minimum absolute atomic E-state index is 0.187. The van der Waals surface area contributed by atoms with Crippen LogP contribution in [-0.4, -0.2) is 40.8 Å². The third kappa shape index (κ3) is 2.42. The molecule has 0 unspecified atom stereocenters. The molecule has 0 N–H and O–H groups in total. The van der Waals surface area contributed by atoms with Crippen LogP contribution in [0.25, 0.3) is 5.65 Å². The number of esters is 1. The van der Waals surface area contributed by atoms with Gasteiger partial charge in [0.15, 0.2) is 5.65 Å². The molecular weight excluding hydrogens is 232 g/mol. The SMILES string of the molecule is CCOC(=O)CN(C)c1cc(C)cc2ncnn12. The topological polar surface area (TPSA) is 59.7 Å². The van der Waals surface area contributed by atoms with Crippen molar-refractivity contribution < 1.29 is 9.53 Å². The van der Waals surface area contributed by atoms with E-state index in [2.05, 4.69) is 10.1 Å². The molecule has 2 heterocycles. The number of fused-ring (bicyclic) bond motifs is 1. The number of carbonyl (C=O) groups excluding carboxylic acids is 1. The molecule has 6 heteroatoms. The Bertz CT molecular complexity index is 564. The Labute approximate surface area is 105 Å². The monoisotopic (exact) mass is 248 g/mol. The highest BCUT2D eigenvalue weighted by molar-refractivity contribution is 5.75. The van der Waals surface area contributed by atoms with Crippen molar-refractivity contribution in [2.45, 2.75) is 13.8 Å². The molecule has 0 bridgehead atoms. The number of anilines is 1. The van der Waals surface area contributed by atoms with Gasteiger partial charge in [0.2, 0.25) is 0 Å². The molecule has 0 saturated heterocycles. The van der Waals surface area contributed by atoms with Crippen LogP contribution in [-0.2, 0) is 9.53 Å². The Kier molecular flexibility index (Phi) is 3.45. The summed E-state index contributed by atoms with van der Waals surface area (Å²) in [4.78, 5) is 17.4. The largest absolute Gasteiger partial charge is 0.465 e. The molecule has 18 heavy (non-hydrogen) atoms. The van der Waals surface area contributed by atoms with Crippen LogP contribution in [0.4, 0.5) is 5.82 Å².